The molecule has 1 heterocycles. The second-order valence-electron chi connectivity index (χ2n) is 5.13. The summed E-state index contributed by atoms with van der Waals surface area (Å²) in [6.07, 6.45) is 6.18. The monoisotopic (exact) mass is 241 g/mol. The highest BCUT2D eigenvalue weighted by molar-refractivity contribution is 5.75. The molecule has 1 saturated heterocycles. The molecule has 4 heteroatoms. The van der Waals surface area contributed by atoms with Crippen LogP contribution in [0.4, 0.5) is 0 Å². The van der Waals surface area contributed by atoms with Crippen molar-refractivity contribution >= 4 is 5.91 Å². The molecule has 1 aliphatic heterocycles. The number of unbranched alkanes of at least 4 members (excludes halogenated alkanes) is 1. The molecular weight excluding hydrogens is 214 g/mol. The molecule has 4 nitrogen and oxygen atoms in total. The summed E-state index contributed by atoms with van der Waals surface area (Å²) in [5, 5.41) is 3.01. The number of nitrogens with two attached hydrogens (primary N) is 1. The molecule has 0 spiro atoms. The largest absolute Gasteiger partial charge is 0.356 e. The minimum absolute atomic E-state index is 0.186. The first-order chi connectivity index (χ1) is 8.22. The number of carbonyl (C=O) groups excluding carboxylic acids is 1. The molecule has 1 amide bonds. The number of carbonyl (C=O) groups is 1. The van der Waals surface area contributed by atoms with Crippen LogP contribution in [0.2, 0.25) is 0 Å². The standard InChI is InChI=1S/C13H27N3O/c1-16-10-6-12(7-11-16)5-9-15-13(17)4-2-3-8-14/h12H,2-11,14H2,1H3,(H,15,17). The molecule has 17 heavy (non-hydrogen) atoms. The molecule has 0 unspecified atom stereocenters. The second-order valence-corrected chi connectivity index (χ2v) is 5.13. The lowest BCUT2D eigenvalue weighted by molar-refractivity contribution is -0.121. The summed E-state index contributed by atoms with van der Waals surface area (Å²) in [4.78, 5) is 13.8. The van der Waals surface area contributed by atoms with Crippen molar-refractivity contribution < 1.29 is 4.79 Å². The first-order valence-corrected chi connectivity index (χ1v) is 6.87. The van der Waals surface area contributed by atoms with Gasteiger partial charge in [-0.05, 0) is 64.7 Å². The lowest BCUT2D eigenvalue weighted by Gasteiger charge is -2.28. The third kappa shape index (κ3) is 6.64. The van der Waals surface area contributed by atoms with E-state index in [1.54, 1.807) is 0 Å². The van der Waals surface area contributed by atoms with E-state index in [1.165, 1.54) is 25.9 Å². The SMILES string of the molecule is CN1CCC(CCNC(=O)CCCCN)CC1. The van der Waals surface area contributed by atoms with E-state index in [2.05, 4.69) is 17.3 Å². The number of amides is 1. The Labute approximate surface area is 105 Å². The maximum atomic E-state index is 11.5. The smallest absolute Gasteiger partial charge is 0.219 e. The zero-order valence-corrected chi connectivity index (χ0v) is 11.1. The summed E-state index contributed by atoms with van der Waals surface area (Å²) < 4.78 is 0. The van der Waals surface area contributed by atoms with E-state index in [0.717, 1.165) is 31.7 Å². The average Bonchev–Trinajstić information content (AvgIpc) is 2.32. The number of piperidine rings is 1. The van der Waals surface area contributed by atoms with Gasteiger partial charge in [0, 0.05) is 13.0 Å². The predicted molar refractivity (Wildman–Crippen MR) is 70.8 cm³/mol. The van der Waals surface area contributed by atoms with Crippen molar-refractivity contribution in [3.8, 4) is 0 Å². The maximum absolute atomic E-state index is 11.5. The van der Waals surface area contributed by atoms with E-state index in [9.17, 15) is 4.79 Å². The van der Waals surface area contributed by atoms with Crippen LogP contribution in [-0.4, -0.2) is 44.0 Å². The third-order valence-corrected chi connectivity index (χ3v) is 3.57. The topological polar surface area (TPSA) is 58.4 Å². The number of hydrogen-bond donors (Lipinski definition) is 2. The molecule has 0 saturated carbocycles. The molecular formula is C13H27N3O. The Morgan fingerprint density at radius 1 is 1.35 bits per heavy atom. The van der Waals surface area contributed by atoms with Crippen molar-refractivity contribution in [3.05, 3.63) is 0 Å². The molecule has 0 aromatic rings. The molecule has 0 atom stereocenters. The molecule has 0 aliphatic carbocycles. The Balaban J connectivity index is 1.97. The summed E-state index contributed by atoms with van der Waals surface area (Å²) in [5.41, 5.74) is 5.39. The van der Waals surface area contributed by atoms with Crippen molar-refractivity contribution in [2.75, 3.05) is 33.2 Å². The summed E-state index contributed by atoms with van der Waals surface area (Å²) >= 11 is 0. The van der Waals surface area contributed by atoms with Crippen molar-refractivity contribution in [1.82, 2.24) is 10.2 Å². The van der Waals surface area contributed by atoms with Gasteiger partial charge < -0.3 is 16.0 Å². The van der Waals surface area contributed by atoms with E-state index in [0.29, 0.717) is 13.0 Å². The lowest BCUT2D eigenvalue weighted by Crippen LogP contribution is -2.32. The fourth-order valence-corrected chi connectivity index (χ4v) is 2.28. The van der Waals surface area contributed by atoms with E-state index in [1.807, 2.05) is 0 Å². The maximum Gasteiger partial charge on any atom is 0.219 e. The zero-order valence-electron chi connectivity index (χ0n) is 11.1. The van der Waals surface area contributed by atoms with Gasteiger partial charge in [0.2, 0.25) is 5.91 Å². The zero-order chi connectivity index (χ0) is 12.5. The van der Waals surface area contributed by atoms with Crippen LogP contribution in [0, 0.1) is 5.92 Å². The van der Waals surface area contributed by atoms with Crippen molar-refractivity contribution in [2.24, 2.45) is 11.7 Å². The minimum atomic E-state index is 0.186. The van der Waals surface area contributed by atoms with Crippen LogP contribution < -0.4 is 11.1 Å². The number of nitrogens with zero attached hydrogens (tertiary/aromatic N) is 1. The average molecular weight is 241 g/mol. The van der Waals surface area contributed by atoms with Gasteiger partial charge in [0.25, 0.3) is 0 Å². The van der Waals surface area contributed by atoms with Crippen molar-refractivity contribution in [2.45, 2.75) is 38.5 Å². The van der Waals surface area contributed by atoms with Crippen LogP contribution in [0.3, 0.4) is 0 Å². The third-order valence-electron chi connectivity index (χ3n) is 3.57. The predicted octanol–water partition coefficient (Wildman–Crippen LogP) is 0.964. The molecule has 0 aromatic carbocycles. The number of nitrogens with one attached hydrogen (secondary N) is 1. The van der Waals surface area contributed by atoms with Gasteiger partial charge in [0.05, 0.1) is 0 Å². The Morgan fingerprint density at radius 2 is 2.06 bits per heavy atom. The molecule has 0 aromatic heterocycles. The van der Waals surface area contributed by atoms with Crippen molar-refractivity contribution in [3.63, 3.8) is 0 Å². The van der Waals surface area contributed by atoms with Gasteiger partial charge in [0.1, 0.15) is 0 Å². The highest BCUT2D eigenvalue weighted by Crippen LogP contribution is 2.18. The van der Waals surface area contributed by atoms with Crippen LogP contribution in [0.15, 0.2) is 0 Å². The van der Waals surface area contributed by atoms with Crippen LogP contribution in [0.5, 0.6) is 0 Å². The van der Waals surface area contributed by atoms with Crippen LogP contribution in [0.1, 0.15) is 38.5 Å². The Morgan fingerprint density at radius 3 is 2.71 bits per heavy atom. The summed E-state index contributed by atoms with van der Waals surface area (Å²) in [6.45, 7) is 3.93. The quantitative estimate of drug-likeness (QED) is 0.653. The molecule has 0 radical (unpaired) electrons. The second kappa shape index (κ2) is 8.48. The molecule has 0 bridgehead atoms. The van der Waals surface area contributed by atoms with Gasteiger partial charge in [0.15, 0.2) is 0 Å². The molecule has 1 rings (SSSR count). The number of rotatable bonds is 7. The first kappa shape index (κ1) is 14.5. The summed E-state index contributed by atoms with van der Waals surface area (Å²) in [6, 6.07) is 0. The Hall–Kier alpha value is -0.610. The Kier molecular flexibility index (Phi) is 7.21. The van der Waals surface area contributed by atoms with Crippen molar-refractivity contribution in [1.29, 1.82) is 0 Å². The molecule has 1 fully saturated rings. The number of hydrogen-bond acceptors (Lipinski definition) is 3. The van der Waals surface area contributed by atoms with Gasteiger partial charge in [-0.25, -0.2) is 0 Å². The first-order valence-electron chi connectivity index (χ1n) is 6.87. The normalized spacial score (nSPS) is 18.2. The van der Waals surface area contributed by atoms with Crippen LogP contribution >= 0.6 is 0 Å². The van der Waals surface area contributed by atoms with Crippen LogP contribution in [-0.2, 0) is 4.79 Å². The summed E-state index contributed by atoms with van der Waals surface area (Å²) in [7, 11) is 2.18. The van der Waals surface area contributed by atoms with Gasteiger partial charge in [-0.3, -0.25) is 4.79 Å². The molecule has 1 aliphatic rings. The van der Waals surface area contributed by atoms with E-state index >= 15 is 0 Å². The van der Waals surface area contributed by atoms with Gasteiger partial charge in [-0.15, -0.1) is 0 Å². The minimum Gasteiger partial charge on any atom is -0.356 e. The highest BCUT2D eigenvalue weighted by atomic mass is 16.1. The molecule has 100 valence electrons. The van der Waals surface area contributed by atoms with E-state index in [4.69, 9.17) is 5.73 Å². The fraction of sp³-hybridized carbons (Fsp3) is 0.923. The van der Waals surface area contributed by atoms with Gasteiger partial charge >= 0.3 is 0 Å². The number of likely N-dealkylation sites (tertiary alicyclic amines) is 1. The fourth-order valence-electron chi connectivity index (χ4n) is 2.28. The van der Waals surface area contributed by atoms with E-state index < -0.39 is 0 Å². The lowest BCUT2D eigenvalue weighted by atomic mass is 9.94. The van der Waals surface area contributed by atoms with Crippen LogP contribution in [0.25, 0.3) is 0 Å². The summed E-state index contributed by atoms with van der Waals surface area (Å²) in [5.74, 6) is 0.988. The van der Waals surface area contributed by atoms with Gasteiger partial charge in [-0.1, -0.05) is 0 Å². The highest BCUT2D eigenvalue weighted by Gasteiger charge is 2.16. The van der Waals surface area contributed by atoms with E-state index in [-0.39, 0.29) is 5.91 Å². The Bertz CT molecular complexity index is 213. The van der Waals surface area contributed by atoms with Gasteiger partial charge in [-0.2, -0.15) is 0 Å². The molecule has 3 N–H and O–H groups in total.